The number of anilines is 2. The van der Waals surface area contributed by atoms with Gasteiger partial charge in [-0.1, -0.05) is 0 Å². The SMILES string of the molecule is O=C(NC12CC(C1)C2)OC1COC(c2cc(Nc3ncc(Br)n4nccc34)n[nH]2)C1. The first-order valence-electron chi connectivity index (χ1n) is 9.98. The largest absolute Gasteiger partial charge is 0.444 e. The first-order chi connectivity index (χ1) is 14.6. The van der Waals surface area contributed by atoms with Gasteiger partial charge in [0.05, 0.1) is 24.7 Å². The smallest absolute Gasteiger partial charge is 0.407 e. The Morgan fingerprint density at radius 3 is 3.07 bits per heavy atom. The summed E-state index contributed by atoms with van der Waals surface area (Å²) in [4.78, 5) is 16.6. The summed E-state index contributed by atoms with van der Waals surface area (Å²) in [7, 11) is 0. The van der Waals surface area contributed by atoms with Crippen molar-refractivity contribution in [1.82, 2.24) is 30.1 Å². The van der Waals surface area contributed by atoms with Crippen LogP contribution in [0.1, 0.15) is 37.5 Å². The second kappa shape index (κ2) is 6.67. The average molecular weight is 474 g/mol. The van der Waals surface area contributed by atoms with E-state index < -0.39 is 0 Å². The molecule has 30 heavy (non-hydrogen) atoms. The van der Waals surface area contributed by atoms with Crippen LogP contribution in [-0.2, 0) is 9.47 Å². The Labute approximate surface area is 179 Å². The molecule has 2 atom stereocenters. The summed E-state index contributed by atoms with van der Waals surface area (Å²) >= 11 is 3.42. The van der Waals surface area contributed by atoms with Gasteiger partial charge >= 0.3 is 6.09 Å². The first-order valence-corrected chi connectivity index (χ1v) is 10.8. The van der Waals surface area contributed by atoms with Gasteiger partial charge in [-0.25, -0.2) is 14.3 Å². The Bertz CT molecular complexity index is 1110. The Balaban J connectivity index is 1.08. The quantitative estimate of drug-likeness (QED) is 0.520. The van der Waals surface area contributed by atoms with Crippen molar-refractivity contribution in [3.05, 3.63) is 34.8 Å². The van der Waals surface area contributed by atoms with Crippen molar-refractivity contribution in [2.75, 3.05) is 11.9 Å². The summed E-state index contributed by atoms with van der Waals surface area (Å²) in [5.74, 6) is 2.08. The van der Waals surface area contributed by atoms with E-state index in [1.54, 1.807) is 16.9 Å². The molecule has 2 bridgehead atoms. The van der Waals surface area contributed by atoms with E-state index in [9.17, 15) is 4.79 Å². The highest BCUT2D eigenvalue weighted by atomic mass is 79.9. The summed E-state index contributed by atoms with van der Waals surface area (Å²) < 4.78 is 13.9. The average Bonchev–Trinajstić information content (AvgIpc) is 3.39. The number of nitrogens with one attached hydrogen (secondary N) is 3. The lowest BCUT2D eigenvalue weighted by Crippen LogP contribution is -2.68. The fourth-order valence-corrected chi connectivity index (χ4v) is 4.99. The fraction of sp³-hybridized carbons (Fsp3) is 0.474. The Hall–Kier alpha value is -2.66. The van der Waals surface area contributed by atoms with E-state index in [0.717, 1.165) is 41.0 Å². The lowest BCUT2D eigenvalue weighted by atomic mass is 9.50. The first kappa shape index (κ1) is 18.1. The van der Waals surface area contributed by atoms with E-state index in [0.29, 0.717) is 24.7 Å². The number of carbonyl (C=O) groups excluding carboxylic acids is 1. The van der Waals surface area contributed by atoms with Crippen molar-refractivity contribution < 1.29 is 14.3 Å². The number of aromatic amines is 1. The molecule has 3 aromatic rings. The van der Waals surface area contributed by atoms with Crippen LogP contribution in [0, 0.1) is 5.92 Å². The number of rotatable bonds is 5. The van der Waals surface area contributed by atoms with E-state index in [1.807, 2.05) is 12.1 Å². The molecule has 156 valence electrons. The van der Waals surface area contributed by atoms with Crippen LogP contribution in [0.25, 0.3) is 5.52 Å². The lowest BCUT2D eigenvalue weighted by Gasteiger charge is -2.61. The summed E-state index contributed by atoms with van der Waals surface area (Å²) in [6.45, 7) is 0.375. The zero-order chi connectivity index (χ0) is 20.3. The maximum Gasteiger partial charge on any atom is 0.407 e. The van der Waals surface area contributed by atoms with Crippen molar-refractivity contribution >= 4 is 39.2 Å². The number of alkyl carbamates (subject to hydrolysis) is 1. The fourth-order valence-electron chi connectivity index (χ4n) is 4.60. The van der Waals surface area contributed by atoms with Gasteiger partial charge in [-0.3, -0.25) is 5.10 Å². The van der Waals surface area contributed by atoms with E-state index in [4.69, 9.17) is 9.47 Å². The number of hydrogen-bond donors (Lipinski definition) is 3. The van der Waals surface area contributed by atoms with Gasteiger partial charge in [-0.05, 0) is 47.2 Å². The highest BCUT2D eigenvalue weighted by molar-refractivity contribution is 9.10. The zero-order valence-corrected chi connectivity index (χ0v) is 17.6. The number of H-pyrrole nitrogens is 1. The van der Waals surface area contributed by atoms with Crippen LogP contribution in [0.5, 0.6) is 0 Å². The van der Waals surface area contributed by atoms with E-state index in [-0.39, 0.29) is 23.8 Å². The molecule has 7 rings (SSSR count). The van der Waals surface area contributed by atoms with Gasteiger partial charge in [0.1, 0.15) is 22.3 Å². The number of halogens is 1. The van der Waals surface area contributed by atoms with Crippen LogP contribution in [0.15, 0.2) is 29.1 Å². The minimum Gasteiger partial charge on any atom is -0.444 e. The molecular weight excluding hydrogens is 454 g/mol. The van der Waals surface area contributed by atoms with Crippen molar-refractivity contribution in [3.8, 4) is 0 Å². The monoisotopic (exact) mass is 473 g/mol. The topological polar surface area (TPSA) is 118 Å². The number of nitrogens with zero attached hydrogens (tertiary/aromatic N) is 4. The van der Waals surface area contributed by atoms with Gasteiger partial charge in [-0.2, -0.15) is 10.2 Å². The molecule has 11 heteroatoms. The van der Waals surface area contributed by atoms with Gasteiger partial charge < -0.3 is 20.1 Å². The molecule has 4 heterocycles. The number of ether oxygens (including phenoxy) is 2. The molecule has 1 amide bonds. The van der Waals surface area contributed by atoms with Crippen molar-refractivity contribution in [1.29, 1.82) is 0 Å². The molecule has 3 aromatic heterocycles. The molecule has 4 aliphatic rings. The molecule has 3 N–H and O–H groups in total. The second-order valence-electron chi connectivity index (χ2n) is 8.36. The predicted octanol–water partition coefficient (Wildman–Crippen LogP) is 3.07. The van der Waals surface area contributed by atoms with E-state index in [2.05, 4.69) is 46.8 Å². The number of fused-ring (bicyclic) bond motifs is 1. The maximum absolute atomic E-state index is 12.2. The molecule has 4 fully saturated rings. The van der Waals surface area contributed by atoms with Crippen LogP contribution in [0.4, 0.5) is 16.4 Å². The molecule has 3 aliphatic carbocycles. The van der Waals surface area contributed by atoms with Crippen LogP contribution < -0.4 is 10.6 Å². The second-order valence-corrected chi connectivity index (χ2v) is 9.17. The van der Waals surface area contributed by atoms with Crippen LogP contribution in [0.3, 0.4) is 0 Å². The normalized spacial score (nSPS) is 29.3. The Morgan fingerprint density at radius 1 is 1.40 bits per heavy atom. The molecular formula is C19H20BrN7O3. The minimum absolute atomic E-state index is 0.0204. The van der Waals surface area contributed by atoms with Crippen LogP contribution in [0.2, 0.25) is 0 Å². The molecule has 10 nitrogen and oxygen atoms in total. The highest BCUT2D eigenvalue weighted by Gasteiger charge is 2.57. The third kappa shape index (κ3) is 3.03. The highest BCUT2D eigenvalue weighted by Crippen LogP contribution is 2.56. The minimum atomic E-state index is -0.333. The molecule has 0 aromatic carbocycles. The van der Waals surface area contributed by atoms with Crippen molar-refractivity contribution in [3.63, 3.8) is 0 Å². The molecule has 3 saturated carbocycles. The summed E-state index contributed by atoms with van der Waals surface area (Å²) in [6, 6.07) is 3.75. The van der Waals surface area contributed by atoms with Crippen molar-refractivity contribution in [2.24, 2.45) is 5.92 Å². The predicted molar refractivity (Wildman–Crippen MR) is 109 cm³/mol. The standard InChI is InChI=1S/C19H20BrN7O3/c20-15-8-21-17(13-1-2-22-27(13)15)23-16-4-12(25-26-16)14-3-11(9-29-14)30-18(28)24-19-5-10(6-19)7-19/h1-2,4,8,10-11,14H,3,5-7,9H2,(H,24,28)(H2,21,23,25,26). The Kier molecular flexibility index (Phi) is 4.03. The van der Waals surface area contributed by atoms with E-state index >= 15 is 0 Å². The molecule has 0 spiro atoms. The number of aromatic nitrogens is 5. The summed E-state index contributed by atoms with van der Waals surface area (Å²) in [5, 5.41) is 17.8. The number of hydrogen-bond acceptors (Lipinski definition) is 7. The summed E-state index contributed by atoms with van der Waals surface area (Å²) in [6.07, 6.45) is 6.46. The van der Waals surface area contributed by atoms with Gasteiger partial charge in [-0.15, -0.1) is 0 Å². The molecule has 1 saturated heterocycles. The number of carbonyl (C=O) groups is 1. The van der Waals surface area contributed by atoms with E-state index in [1.165, 1.54) is 0 Å². The maximum atomic E-state index is 12.2. The lowest BCUT2D eigenvalue weighted by molar-refractivity contribution is -0.0510. The van der Waals surface area contributed by atoms with Crippen LogP contribution in [-0.4, -0.2) is 49.1 Å². The summed E-state index contributed by atoms with van der Waals surface area (Å²) in [5.41, 5.74) is 1.67. The van der Waals surface area contributed by atoms with Crippen LogP contribution >= 0.6 is 15.9 Å². The zero-order valence-electron chi connectivity index (χ0n) is 16.0. The van der Waals surface area contributed by atoms with Gasteiger partial charge in [0.15, 0.2) is 11.6 Å². The Morgan fingerprint density at radius 2 is 2.27 bits per heavy atom. The third-order valence-corrected chi connectivity index (χ3v) is 6.76. The molecule has 2 unspecified atom stereocenters. The molecule has 1 aliphatic heterocycles. The van der Waals surface area contributed by atoms with Gasteiger partial charge in [0.2, 0.25) is 0 Å². The third-order valence-electron chi connectivity index (χ3n) is 6.22. The number of amides is 1. The van der Waals surface area contributed by atoms with Gasteiger partial charge in [0, 0.05) is 18.0 Å². The van der Waals surface area contributed by atoms with Crippen molar-refractivity contribution in [2.45, 2.75) is 43.4 Å². The molecule has 0 radical (unpaired) electrons. The van der Waals surface area contributed by atoms with Gasteiger partial charge in [0.25, 0.3) is 0 Å².